The Morgan fingerprint density at radius 1 is 1.58 bits per heavy atom. The van der Waals surface area contributed by atoms with E-state index in [9.17, 15) is 0 Å². The van der Waals surface area contributed by atoms with Crippen LogP contribution in [0.2, 0.25) is 0 Å². The summed E-state index contributed by atoms with van der Waals surface area (Å²) in [7, 11) is 0. The van der Waals surface area contributed by atoms with Gasteiger partial charge >= 0.3 is 0 Å². The average molecular weight is 162 g/mol. The molecule has 1 rings (SSSR count). The van der Waals surface area contributed by atoms with E-state index in [2.05, 4.69) is 10.0 Å². The summed E-state index contributed by atoms with van der Waals surface area (Å²) in [4.78, 5) is 2.73. The van der Waals surface area contributed by atoms with Crippen LogP contribution in [0.25, 0.3) is 10.4 Å². The molecule has 0 radical (unpaired) electrons. The highest BCUT2D eigenvalue weighted by molar-refractivity contribution is 5.47. The van der Waals surface area contributed by atoms with Crippen molar-refractivity contribution in [1.82, 2.24) is 0 Å². The smallest absolute Gasteiger partial charge is 0.0407 e. The Balaban J connectivity index is 3.16. The molecule has 0 saturated heterocycles. The Morgan fingerprint density at radius 3 is 2.92 bits per heavy atom. The van der Waals surface area contributed by atoms with Crippen LogP contribution in [-0.2, 0) is 6.54 Å². The summed E-state index contributed by atoms with van der Waals surface area (Å²) in [5.41, 5.74) is 16.3. The lowest BCUT2D eigenvalue weighted by Crippen LogP contribution is -1.95. The van der Waals surface area contributed by atoms with E-state index in [0.717, 1.165) is 11.1 Å². The monoisotopic (exact) mass is 162 g/mol. The molecular weight excluding hydrogens is 152 g/mol. The molecule has 4 heteroatoms. The Bertz CT molecular complexity index is 326. The molecule has 0 amide bonds. The van der Waals surface area contributed by atoms with E-state index in [1.807, 2.05) is 19.1 Å². The van der Waals surface area contributed by atoms with Gasteiger partial charge in [0, 0.05) is 17.1 Å². The number of nitrogens with two attached hydrogens (primary N) is 1. The molecule has 12 heavy (non-hydrogen) atoms. The third-order valence-electron chi connectivity index (χ3n) is 1.66. The molecule has 1 aromatic carbocycles. The molecule has 0 heterocycles. The maximum absolute atomic E-state index is 8.23. The first-order valence-electron chi connectivity index (χ1n) is 3.62. The Labute approximate surface area is 70.6 Å². The van der Waals surface area contributed by atoms with Crippen molar-refractivity contribution in [3.05, 3.63) is 39.8 Å². The Hall–Kier alpha value is -1.51. The lowest BCUT2D eigenvalue weighted by atomic mass is 10.1. The molecular formula is C8H10N4. The van der Waals surface area contributed by atoms with Crippen molar-refractivity contribution in [2.75, 3.05) is 0 Å². The third-order valence-corrected chi connectivity index (χ3v) is 1.66. The fraction of sp³-hybridized carbons (Fsp3) is 0.250. The molecule has 0 unspecified atom stereocenters. The number of benzene rings is 1. The maximum atomic E-state index is 8.23. The van der Waals surface area contributed by atoms with Crippen LogP contribution >= 0.6 is 0 Å². The molecule has 0 fully saturated rings. The van der Waals surface area contributed by atoms with Crippen molar-refractivity contribution in [3.8, 4) is 0 Å². The molecule has 0 atom stereocenters. The van der Waals surface area contributed by atoms with E-state index in [1.54, 1.807) is 6.07 Å². The minimum absolute atomic E-state index is 0.466. The SMILES string of the molecule is Cc1ccc(CN)cc1N=[N+]=[N-]. The van der Waals surface area contributed by atoms with Crippen LogP contribution in [0.5, 0.6) is 0 Å². The van der Waals surface area contributed by atoms with Crippen LogP contribution < -0.4 is 5.73 Å². The highest BCUT2D eigenvalue weighted by atomic mass is 15.1. The van der Waals surface area contributed by atoms with Crippen LogP contribution in [0.3, 0.4) is 0 Å². The normalized spacial score (nSPS) is 9.17. The zero-order chi connectivity index (χ0) is 8.97. The van der Waals surface area contributed by atoms with Crippen molar-refractivity contribution >= 4 is 5.69 Å². The van der Waals surface area contributed by atoms with Gasteiger partial charge in [0.1, 0.15) is 0 Å². The molecule has 4 nitrogen and oxygen atoms in total. The van der Waals surface area contributed by atoms with Gasteiger partial charge in [0.25, 0.3) is 0 Å². The molecule has 0 saturated carbocycles. The summed E-state index contributed by atoms with van der Waals surface area (Å²) in [5.74, 6) is 0. The van der Waals surface area contributed by atoms with Gasteiger partial charge in [-0.1, -0.05) is 17.2 Å². The molecule has 1 aromatic rings. The molecule has 62 valence electrons. The van der Waals surface area contributed by atoms with Gasteiger partial charge in [-0.05, 0) is 29.6 Å². The average Bonchev–Trinajstić information content (AvgIpc) is 2.09. The summed E-state index contributed by atoms with van der Waals surface area (Å²) >= 11 is 0. The second-order valence-electron chi connectivity index (χ2n) is 2.51. The van der Waals surface area contributed by atoms with E-state index in [-0.39, 0.29) is 0 Å². The number of rotatable bonds is 2. The molecule has 0 spiro atoms. The van der Waals surface area contributed by atoms with Gasteiger partial charge in [-0.3, -0.25) is 0 Å². The van der Waals surface area contributed by atoms with Crippen molar-refractivity contribution in [2.24, 2.45) is 10.8 Å². The standard InChI is InChI=1S/C8H10N4/c1-6-2-3-7(5-9)4-8(6)11-12-10/h2-4H,5,9H2,1H3. The second kappa shape index (κ2) is 3.76. The van der Waals surface area contributed by atoms with Gasteiger partial charge in [0.05, 0.1) is 0 Å². The first kappa shape index (κ1) is 8.59. The van der Waals surface area contributed by atoms with Crippen LogP contribution in [0.15, 0.2) is 23.3 Å². The minimum atomic E-state index is 0.466. The summed E-state index contributed by atoms with van der Waals surface area (Å²) in [6.07, 6.45) is 0. The number of nitrogens with zero attached hydrogens (tertiary/aromatic N) is 3. The van der Waals surface area contributed by atoms with E-state index in [0.29, 0.717) is 12.2 Å². The summed E-state index contributed by atoms with van der Waals surface area (Å²) in [5, 5.41) is 3.54. The van der Waals surface area contributed by atoms with Crippen LogP contribution in [0, 0.1) is 6.92 Å². The van der Waals surface area contributed by atoms with Crippen molar-refractivity contribution in [3.63, 3.8) is 0 Å². The fourth-order valence-corrected chi connectivity index (χ4v) is 0.938. The predicted octanol–water partition coefficient (Wildman–Crippen LogP) is 2.40. The van der Waals surface area contributed by atoms with Gasteiger partial charge in [-0.25, -0.2) is 0 Å². The highest BCUT2D eigenvalue weighted by Crippen LogP contribution is 2.19. The number of aryl methyl sites for hydroxylation is 1. The summed E-state index contributed by atoms with van der Waals surface area (Å²) in [6.45, 7) is 2.36. The third kappa shape index (κ3) is 1.75. The van der Waals surface area contributed by atoms with Gasteiger partial charge in [0.2, 0.25) is 0 Å². The van der Waals surface area contributed by atoms with E-state index in [1.165, 1.54) is 0 Å². The van der Waals surface area contributed by atoms with E-state index in [4.69, 9.17) is 11.3 Å². The van der Waals surface area contributed by atoms with E-state index >= 15 is 0 Å². The van der Waals surface area contributed by atoms with Crippen LogP contribution in [-0.4, -0.2) is 0 Å². The molecule has 0 bridgehead atoms. The molecule has 0 aliphatic carbocycles. The lowest BCUT2D eigenvalue weighted by molar-refractivity contribution is 1.07. The van der Waals surface area contributed by atoms with Crippen molar-refractivity contribution in [2.45, 2.75) is 13.5 Å². The zero-order valence-electron chi connectivity index (χ0n) is 6.86. The largest absolute Gasteiger partial charge is 0.326 e. The summed E-state index contributed by atoms with van der Waals surface area (Å²) in [6, 6.07) is 5.62. The first-order valence-corrected chi connectivity index (χ1v) is 3.62. The molecule has 2 N–H and O–H groups in total. The van der Waals surface area contributed by atoms with Gasteiger partial charge in [-0.2, -0.15) is 0 Å². The minimum Gasteiger partial charge on any atom is -0.326 e. The number of hydrogen-bond acceptors (Lipinski definition) is 2. The molecule has 0 aliphatic rings. The predicted molar refractivity (Wildman–Crippen MR) is 47.9 cm³/mol. The second-order valence-corrected chi connectivity index (χ2v) is 2.51. The summed E-state index contributed by atoms with van der Waals surface area (Å²) < 4.78 is 0. The molecule has 0 aromatic heterocycles. The highest BCUT2D eigenvalue weighted by Gasteiger charge is 1.95. The Morgan fingerprint density at radius 2 is 2.33 bits per heavy atom. The van der Waals surface area contributed by atoms with Crippen molar-refractivity contribution < 1.29 is 0 Å². The fourth-order valence-electron chi connectivity index (χ4n) is 0.938. The lowest BCUT2D eigenvalue weighted by Gasteiger charge is -2.01. The van der Waals surface area contributed by atoms with Gasteiger partial charge in [0.15, 0.2) is 0 Å². The maximum Gasteiger partial charge on any atom is 0.0407 e. The van der Waals surface area contributed by atoms with Crippen molar-refractivity contribution in [1.29, 1.82) is 0 Å². The first-order chi connectivity index (χ1) is 5.77. The Kier molecular flexibility index (Phi) is 2.69. The number of azide groups is 1. The van der Waals surface area contributed by atoms with Crippen LogP contribution in [0.1, 0.15) is 11.1 Å². The molecule has 0 aliphatic heterocycles. The van der Waals surface area contributed by atoms with Crippen LogP contribution in [0.4, 0.5) is 5.69 Å². The van der Waals surface area contributed by atoms with E-state index < -0.39 is 0 Å². The van der Waals surface area contributed by atoms with Gasteiger partial charge < -0.3 is 5.73 Å². The quantitative estimate of drug-likeness (QED) is 0.404. The topological polar surface area (TPSA) is 74.8 Å². The zero-order valence-corrected chi connectivity index (χ0v) is 6.86. The van der Waals surface area contributed by atoms with Gasteiger partial charge in [-0.15, -0.1) is 0 Å². The number of hydrogen-bond donors (Lipinski definition) is 1.